The van der Waals surface area contributed by atoms with Crippen LogP contribution in [0.4, 0.5) is 0 Å². The summed E-state index contributed by atoms with van der Waals surface area (Å²) in [5, 5.41) is 19.9. The summed E-state index contributed by atoms with van der Waals surface area (Å²) in [6.07, 6.45) is 0.749. The second-order valence-corrected chi connectivity index (χ2v) is 8.60. The van der Waals surface area contributed by atoms with Crippen LogP contribution < -0.4 is 0 Å². The average molecular weight is 431 g/mol. The van der Waals surface area contributed by atoms with Crippen molar-refractivity contribution in [3.05, 3.63) is 44.9 Å². The Hall–Kier alpha value is -2.49. The standard InChI is InChI=1S/C21H26N4O4S/c1-13-16(14(2)23-22-13)19(26)17-18(15-5-3-12-30-15)25(21(28)20(17)27)7-4-6-24-8-10-29-11-9-24/h3,5,12,18,26H,4,6-11H2,1-2H3,(H,22,23)/b19-17+. The third-order valence-electron chi connectivity index (χ3n) is 5.69. The van der Waals surface area contributed by atoms with E-state index in [0.717, 1.165) is 44.1 Å². The molecule has 0 aliphatic carbocycles. The zero-order valence-electron chi connectivity index (χ0n) is 17.2. The molecule has 160 valence electrons. The number of hydrogen-bond donors (Lipinski definition) is 2. The summed E-state index contributed by atoms with van der Waals surface area (Å²) in [6.45, 7) is 8.05. The molecule has 0 aromatic carbocycles. The Labute approximate surface area is 179 Å². The first-order valence-corrected chi connectivity index (χ1v) is 11.0. The van der Waals surface area contributed by atoms with Crippen LogP contribution in [-0.4, -0.2) is 76.2 Å². The van der Waals surface area contributed by atoms with Gasteiger partial charge in [-0.2, -0.15) is 5.10 Å². The van der Waals surface area contributed by atoms with Gasteiger partial charge in [-0.1, -0.05) is 6.07 Å². The lowest BCUT2D eigenvalue weighted by Crippen LogP contribution is -2.38. The van der Waals surface area contributed by atoms with Crippen LogP contribution in [0.15, 0.2) is 23.1 Å². The highest BCUT2D eigenvalue weighted by molar-refractivity contribution is 7.10. The lowest BCUT2D eigenvalue weighted by molar-refractivity contribution is -0.140. The van der Waals surface area contributed by atoms with Crippen LogP contribution >= 0.6 is 11.3 Å². The number of hydrogen-bond acceptors (Lipinski definition) is 7. The van der Waals surface area contributed by atoms with E-state index in [0.29, 0.717) is 23.5 Å². The van der Waals surface area contributed by atoms with Gasteiger partial charge in [0.15, 0.2) is 0 Å². The molecule has 2 fully saturated rings. The van der Waals surface area contributed by atoms with E-state index in [1.54, 1.807) is 18.7 Å². The first-order valence-electron chi connectivity index (χ1n) is 10.1. The summed E-state index contributed by atoms with van der Waals surface area (Å²) in [4.78, 5) is 30.7. The topological polar surface area (TPSA) is 98.8 Å². The number of nitrogens with zero attached hydrogens (tertiary/aromatic N) is 3. The van der Waals surface area contributed by atoms with Crippen molar-refractivity contribution in [2.75, 3.05) is 39.4 Å². The maximum Gasteiger partial charge on any atom is 0.295 e. The monoisotopic (exact) mass is 430 g/mol. The van der Waals surface area contributed by atoms with Crippen LogP contribution in [0.3, 0.4) is 0 Å². The van der Waals surface area contributed by atoms with Crippen molar-refractivity contribution in [1.29, 1.82) is 0 Å². The van der Waals surface area contributed by atoms with Crippen LogP contribution in [0, 0.1) is 13.8 Å². The maximum atomic E-state index is 13.0. The van der Waals surface area contributed by atoms with Crippen molar-refractivity contribution in [2.24, 2.45) is 0 Å². The third kappa shape index (κ3) is 3.80. The number of amides is 1. The summed E-state index contributed by atoms with van der Waals surface area (Å²) >= 11 is 1.47. The molecule has 0 radical (unpaired) electrons. The molecule has 4 rings (SSSR count). The molecule has 2 aromatic heterocycles. The highest BCUT2D eigenvalue weighted by Crippen LogP contribution is 2.41. The number of ether oxygens (including phenoxy) is 1. The number of likely N-dealkylation sites (tertiary alicyclic amines) is 1. The van der Waals surface area contributed by atoms with Gasteiger partial charge in [-0.3, -0.25) is 19.6 Å². The third-order valence-corrected chi connectivity index (χ3v) is 6.62. The Balaban J connectivity index is 1.64. The number of aromatic amines is 1. The van der Waals surface area contributed by atoms with Gasteiger partial charge in [0.25, 0.3) is 11.7 Å². The van der Waals surface area contributed by atoms with Gasteiger partial charge < -0.3 is 14.7 Å². The number of carbonyl (C=O) groups excluding carboxylic acids is 2. The number of carbonyl (C=O) groups is 2. The van der Waals surface area contributed by atoms with E-state index in [4.69, 9.17) is 4.74 Å². The number of aliphatic hydroxyl groups is 1. The number of aryl methyl sites for hydroxylation is 2. The highest BCUT2D eigenvalue weighted by Gasteiger charge is 2.46. The number of Topliss-reactive ketones (excluding diaryl/α,β-unsaturated/α-hetero) is 1. The minimum Gasteiger partial charge on any atom is -0.507 e. The minimum atomic E-state index is -0.641. The van der Waals surface area contributed by atoms with Crippen molar-refractivity contribution >= 4 is 28.8 Å². The molecule has 1 unspecified atom stereocenters. The van der Waals surface area contributed by atoms with E-state index in [9.17, 15) is 14.7 Å². The Kier molecular flexibility index (Phi) is 6.03. The average Bonchev–Trinajstić information content (AvgIpc) is 3.44. The van der Waals surface area contributed by atoms with Gasteiger partial charge >= 0.3 is 0 Å². The molecule has 1 amide bonds. The molecule has 0 bridgehead atoms. The van der Waals surface area contributed by atoms with Crippen molar-refractivity contribution < 1.29 is 19.4 Å². The molecule has 2 saturated heterocycles. The molecule has 2 aromatic rings. The molecule has 30 heavy (non-hydrogen) atoms. The number of nitrogens with one attached hydrogen (secondary N) is 1. The van der Waals surface area contributed by atoms with Crippen molar-refractivity contribution in [1.82, 2.24) is 20.0 Å². The number of thiophene rings is 1. The van der Waals surface area contributed by atoms with Crippen LogP contribution in [0.5, 0.6) is 0 Å². The second-order valence-electron chi connectivity index (χ2n) is 7.62. The first-order chi connectivity index (χ1) is 14.5. The lowest BCUT2D eigenvalue weighted by atomic mass is 9.99. The fraction of sp³-hybridized carbons (Fsp3) is 0.476. The molecule has 9 heteroatoms. The molecule has 4 heterocycles. The van der Waals surface area contributed by atoms with Gasteiger partial charge in [-0.05, 0) is 31.7 Å². The van der Waals surface area contributed by atoms with E-state index in [1.807, 2.05) is 17.5 Å². The maximum absolute atomic E-state index is 13.0. The summed E-state index contributed by atoms with van der Waals surface area (Å²) in [7, 11) is 0. The number of morpholine rings is 1. The summed E-state index contributed by atoms with van der Waals surface area (Å²) in [5.41, 5.74) is 1.88. The van der Waals surface area contributed by atoms with Gasteiger partial charge in [0.05, 0.1) is 36.1 Å². The summed E-state index contributed by atoms with van der Waals surface area (Å²) in [5.74, 6) is -1.36. The highest BCUT2D eigenvalue weighted by atomic mass is 32.1. The van der Waals surface area contributed by atoms with Gasteiger partial charge in [0.1, 0.15) is 5.76 Å². The van der Waals surface area contributed by atoms with Gasteiger partial charge in [-0.25, -0.2) is 0 Å². The zero-order valence-corrected chi connectivity index (χ0v) is 18.0. The molecule has 0 spiro atoms. The smallest absolute Gasteiger partial charge is 0.295 e. The normalized spacial score (nSPS) is 22.2. The van der Waals surface area contributed by atoms with E-state index in [1.165, 1.54) is 11.3 Å². The summed E-state index contributed by atoms with van der Waals surface area (Å²) in [6, 6.07) is 3.21. The molecule has 8 nitrogen and oxygen atoms in total. The van der Waals surface area contributed by atoms with Crippen LogP contribution in [0.2, 0.25) is 0 Å². The van der Waals surface area contributed by atoms with Crippen molar-refractivity contribution in [3.63, 3.8) is 0 Å². The molecular formula is C21H26N4O4S. The largest absolute Gasteiger partial charge is 0.507 e. The van der Waals surface area contributed by atoms with Gasteiger partial charge in [0.2, 0.25) is 0 Å². The van der Waals surface area contributed by atoms with E-state index in [2.05, 4.69) is 15.1 Å². The molecule has 0 saturated carbocycles. The predicted octanol–water partition coefficient (Wildman–Crippen LogP) is 2.23. The van der Waals surface area contributed by atoms with E-state index < -0.39 is 17.7 Å². The number of aromatic nitrogens is 2. The second kappa shape index (κ2) is 8.71. The number of H-pyrrole nitrogens is 1. The Morgan fingerprint density at radius 3 is 2.70 bits per heavy atom. The van der Waals surface area contributed by atoms with Gasteiger partial charge in [0, 0.05) is 36.8 Å². The number of ketones is 1. The Morgan fingerprint density at radius 1 is 1.30 bits per heavy atom. The zero-order chi connectivity index (χ0) is 21.3. The van der Waals surface area contributed by atoms with Gasteiger partial charge in [-0.15, -0.1) is 11.3 Å². The molecule has 2 aliphatic rings. The quantitative estimate of drug-likeness (QED) is 0.414. The molecule has 2 aliphatic heterocycles. The molecule has 2 N–H and O–H groups in total. The van der Waals surface area contributed by atoms with Crippen LogP contribution in [0.1, 0.15) is 34.3 Å². The Morgan fingerprint density at radius 2 is 2.07 bits per heavy atom. The number of rotatable bonds is 6. The predicted molar refractivity (Wildman–Crippen MR) is 113 cm³/mol. The minimum absolute atomic E-state index is 0.140. The summed E-state index contributed by atoms with van der Waals surface area (Å²) < 4.78 is 5.38. The van der Waals surface area contributed by atoms with Crippen molar-refractivity contribution in [3.8, 4) is 0 Å². The van der Waals surface area contributed by atoms with Crippen molar-refractivity contribution in [2.45, 2.75) is 26.3 Å². The molecular weight excluding hydrogens is 404 g/mol. The number of aliphatic hydroxyl groups excluding tert-OH is 1. The van der Waals surface area contributed by atoms with Crippen LogP contribution in [0.25, 0.3) is 5.76 Å². The van der Waals surface area contributed by atoms with E-state index >= 15 is 0 Å². The SMILES string of the molecule is Cc1n[nH]c(C)c1/C(O)=C1\C(=O)C(=O)N(CCCN2CCOCC2)C1c1cccs1. The molecule has 1 atom stereocenters. The van der Waals surface area contributed by atoms with E-state index in [-0.39, 0.29) is 11.3 Å². The Bertz CT molecular complexity index is 940. The lowest BCUT2D eigenvalue weighted by Gasteiger charge is -2.28. The fourth-order valence-electron chi connectivity index (χ4n) is 4.18. The first kappa shape index (κ1) is 20.8. The van der Waals surface area contributed by atoms with Crippen LogP contribution in [-0.2, 0) is 14.3 Å². The fourth-order valence-corrected chi connectivity index (χ4v) is 5.02.